The lowest BCUT2D eigenvalue weighted by atomic mass is 10.1. The lowest BCUT2D eigenvalue weighted by Gasteiger charge is -2.03. The van der Waals surface area contributed by atoms with Gasteiger partial charge < -0.3 is 0 Å². The summed E-state index contributed by atoms with van der Waals surface area (Å²) < 4.78 is 1.00. The quantitative estimate of drug-likeness (QED) is 0.732. The summed E-state index contributed by atoms with van der Waals surface area (Å²) in [7, 11) is 0. The maximum atomic E-state index is 12.1. The first-order valence-electron chi connectivity index (χ1n) is 5.09. The summed E-state index contributed by atoms with van der Waals surface area (Å²) in [6.07, 6.45) is 0.430. The first-order valence-corrected chi connectivity index (χ1v) is 7.14. The van der Waals surface area contributed by atoms with Crippen molar-refractivity contribution in [1.29, 1.82) is 0 Å². The van der Waals surface area contributed by atoms with Gasteiger partial charge >= 0.3 is 0 Å². The van der Waals surface area contributed by atoms with Crippen LogP contribution in [0.4, 0.5) is 0 Å². The molecule has 0 aliphatic heterocycles. The topological polar surface area (TPSA) is 17.1 Å². The van der Waals surface area contributed by atoms with Gasteiger partial charge in [0.15, 0.2) is 5.78 Å². The number of halogens is 2. The number of benzene rings is 1. The van der Waals surface area contributed by atoms with E-state index in [9.17, 15) is 4.79 Å². The second-order valence-electron chi connectivity index (χ2n) is 3.76. The summed E-state index contributed by atoms with van der Waals surface area (Å²) in [5.74, 6) is 0.118. The highest BCUT2D eigenvalue weighted by atomic mass is 79.9. The molecule has 4 heteroatoms. The molecule has 17 heavy (non-hydrogen) atoms. The minimum absolute atomic E-state index is 0.118. The van der Waals surface area contributed by atoms with Crippen LogP contribution in [0.1, 0.15) is 20.8 Å². The number of hydrogen-bond acceptors (Lipinski definition) is 2. The molecule has 0 aliphatic carbocycles. The number of thiophene rings is 1. The van der Waals surface area contributed by atoms with Gasteiger partial charge in [-0.2, -0.15) is 0 Å². The molecule has 2 rings (SSSR count). The molecule has 0 radical (unpaired) electrons. The minimum atomic E-state index is 0.118. The summed E-state index contributed by atoms with van der Waals surface area (Å²) in [6, 6.07) is 7.35. The molecule has 1 heterocycles. The van der Waals surface area contributed by atoms with Crippen molar-refractivity contribution >= 4 is 44.7 Å². The van der Waals surface area contributed by atoms with Crippen LogP contribution in [0.25, 0.3) is 0 Å². The van der Waals surface area contributed by atoms with Crippen LogP contribution in [0, 0.1) is 6.92 Å². The summed E-state index contributed by atoms with van der Waals surface area (Å²) in [6.45, 7) is 1.90. The molecular weight excluding hydrogens is 320 g/mol. The molecule has 0 N–H and O–H groups in total. The average molecular weight is 330 g/mol. The van der Waals surface area contributed by atoms with Crippen molar-refractivity contribution in [3.63, 3.8) is 0 Å². The fourth-order valence-corrected chi connectivity index (χ4v) is 3.13. The van der Waals surface area contributed by atoms with E-state index < -0.39 is 0 Å². The van der Waals surface area contributed by atoms with Gasteiger partial charge in [0.2, 0.25) is 0 Å². The molecular formula is C13H10BrClOS. The van der Waals surface area contributed by atoms with Crippen molar-refractivity contribution in [2.45, 2.75) is 13.3 Å². The van der Waals surface area contributed by atoms with E-state index in [0.29, 0.717) is 17.0 Å². The summed E-state index contributed by atoms with van der Waals surface area (Å²) in [4.78, 5) is 13.1. The van der Waals surface area contributed by atoms with E-state index in [1.807, 2.05) is 24.4 Å². The van der Waals surface area contributed by atoms with Crippen LogP contribution < -0.4 is 0 Å². The Kier molecular flexibility index (Phi) is 4.02. The van der Waals surface area contributed by atoms with Gasteiger partial charge in [-0.15, -0.1) is 11.3 Å². The second-order valence-corrected chi connectivity index (χ2v) is 6.02. The number of rotatable bonds is 3. The largest absolute Gasteiger partial charge is 0.294 e. The third kappa shape index (κ3) is 2.97. The van der Waals surface area contributed by atoms with Crippen molar-refractivity contribution < 1.29 is 4.79 Å². The van der Waals surface area contributed by atoms with Crippen molar-refractivity contribution in [3.8, 4) is 0 Å². The number of Topliss-reactive ketones (excluding diaryl/α,β-unsaturated/α-hetero) is 1. The monoisotopic (exact) mass is 328 g/mol. The van der Waals surface area contributed by atoms with E-state index in [4.69, 9.17) is 11.6 Å². The number of aryl methyl sites for hydroxylation is 1. The van der Waals surface area contributed by atoms with Gasteiger partial charge in [0.25, 0.3) is 0 Å². The Balaban J connectivity index is 2.20. The predicted molar refractivity (Wildman–Crippen MR) is 76.2 cm³/mol. The van der Waals surface area contributed by atoms with E-state index in [1.54, 1.807) is 23.5 Å². The average Bonchev–Trinajstić information content (AvgIpc) is 2.68. The van der Waals surface area contributed by atoms with E-state index in [-0.39, 0.29) is 5.78 Å². The standard InChI is InChI=1S/C13H10BrClOS/c1-8-6-9(2-3-11(8)15)12(16)7-13-10(14)4-5-17-13/h2-6H,7H2,1H3. The lowest BCUT2D eigenvalue weighted by Crippen LogP contribution is -2.03. The van der Waals surface area contributed by atoms with Crippen LogP contribution in [-0.4, -0.2) is 5.78 Å². The Morgan fingerprint density at radius 3 is 2.76 bits per heavy atom. The number of ketones is 1. The molecule has 0 spiro atoms. The zero-order valence-electron chi connectivity index (χ0n) is 9.17. The van der Waals surface area contributed by atoms with Crippen molar-refractivity contribution in [3.05, 3.63) is 55.1 Å². The normalized spacial score (nSPS) is 10.5. The number of hydrogen-bond donors (Lipinski definition) is 0. The number of carbonyl (C=O) groups is 1. The van der Waals surface area contributed by atoms with Crippen molar-refractivity contribution in [1.82, 2.24) is 0 Å². The molecule has 1 aromatic heterocycles. The van der Waals surface area contributed by atoms with E-state index in [0.717, 1.165) is 14.9 Å². The fraction of sp³-hybridized carbons (Fsp3) is 0.154. The van der Waals surface area contributed by atoms with Crippen LogP contribution in [0.5, 0.6) is 0 Å². The zero-order valence-corrected chi connectivity index (χ0v) is 12.3. The first-order chi connectivity index (χ1) is 8.08. The van der Waals surface area contributed by atoms with Crippen LogP contribution in [-0.2, 0) is 6.42 Å². The molecule has 1 aromatic carbocycles. The van der Waals surface area contributed by atoms with Gasteiger partial charge in [-0.3, -0.25) is 4.79 Å². The summed E-state index contributed by atoms with van der Waals surface area (Å²) in [5.41, 5.74) is 1.65. The van der Waals surface area contributed by atoms with Gasteiger partial charge in [0.05, 0.1) is 0 Å². The molecule has 0 amide bonds. The van der Waals surface area contributed by atoms with Crippen LogP contribution in [0.15, 0.2) is 34.1 Å². The molecule has 88 valence electrons. The maximum Gasteiger partial charge on any atom is 0.168 e. The van der Waals surface area contributed by atoms with Gasteiger partial charge in [-0.1, -0.05) is 11.6 Å². The first kappa shape index (κ1) is 12.8. The third-order valence-electron chi connectivity index (χ3n) is 2.49. The Labute approximate surface area is 118 Å². The highest BCUT2D eigenvalue weighted by molar-refractivity contribution is 9.10. The highest BCUT2D eigenvalue weighted by Crippen LogP contribution is 2.25. The van der Waals surface area contributed by atoms with E-state index in [2.05, 4.69) is 15.9 Å². The Hall–Kier alpha value is -0.640. The molecule has 0 bridgehead atoms. The fourth-order valence-electron chi connectivity index (χ4n) is 1.52. The molecule has 2 aromatic rings. The van der Waals surface area contributed by atoms with Crippen LogP contribution in [0.2, 0.25) is 5.02 Å². The van der Waals surface area contributed by atoms with Crippen molar-refractivity contribution in [2.24, 2.45) is 0 Å². The Bertz CT molecular complexity index is 562. The van der Waals surface area contributed by atoms with Gasteiger partial charge in [0.1, 0.15) is 0 Å². The molecule has 0 aliphatic rings. The highest BCUT2D eigenvalue weighted by Gasteiger charge is 2.11. The SMILES string of the molecule is Cc1cc(C(=O)Cc2sccc2Br)ccc1Cl. The Morgan fingerprint density at radius 2 is 2.18 bits per heavy atom. The van der Waals surface area contributed by atoms with E-state index in [1.165, 1.54) is 0 Å². The zero-order chi connectivity index (χ0) is 12.4. The predicted octanol–water partition coefficient (Wildman–Crippen LogP) is 4.90. The minimum Gasteiger partial charge on any atom is -0.294 e. The molecule has 1 nitrogen and oxygen atoms in total. The molecule has 0 atom stereocenters. The second kappa shape index (κ2) is 5.34. The van der Waals surface area contributed by atoms with Crippen LogP contribution >= 0.6 is 38.9 Å². The summed E-state index contributed by atoms with van der Waals surface area (Å²) >= 11 is 11.0. The number of carbonyl (C=O) groups excluding carboxylic acids is 1. The smallest absolute Gasteiger partial charge is 0.168 e. The molecule has 0 saturated carbocycles. The van der Waals surface area contributed by atoms with Gasteiger partial charge in [0, 0.05) is 26.4 Å². The Morgan fingerprint density at radius 1 is 1.41 bits per heavy atom. The maximum absolute atomic E-state index is 12.1. The molecule has 0 fully saturated rings. The molecule has 0 unspecified atom stereocenters. The van der Waals surface area contributed by atoms with Crippen molar-refractivity contribution in [2.75, 3.05) is 0 Å². The van der Waals surface area contributed by atoms with Gasteiger partial charge in [-0.25, -0.2) is 0 Å². The third-order valence-corrected chi connectivity index (χ3v) is 4.84. The van der Waals surface area contributed by atoms with Gasteiger partial charge in [-0.05, 0) is 58.1 Å². The van der Waals surface area contributed by atoms with Crippen LogP contribution in [0.3, 0.4) is 0 Å². The van der Waals surface area contributed by atoms with E-state index >= 15 is 0 Å². The lowest BCUT2D eigenvalue weighted by molar-refractivity contribution is 0.0993. The summed E-state index contributed by atoms with van der Waals surface area (Å²) in [5, 5.41) is 2.67. The molecule has 0 saturated heterocycles.